The second-order valence-electron chi connectivity index (χ2n) is 11.3. The van der Waals surface area contributed by atoms with Crippen LogP contribution in [0.5, 0.6) is 11.5 Å². The maximum atomic E-state index is 15.2. The van der Waals surface area contributed by atoms with E-state index in [1.54, 1.807) is 35.7 Å². The first-order chi connectivity index (χ1) is 20.5. The van der Waals surface area contributed by atoms with Crippen molar-refractivity contribution in [2.24, 2.45) is 4.99 Å². The number of benzene rings is 2. The molecule has 0 unspecified atom stereocenters. The molecule has 3 aromatic heterocycles. The standard InChI is InChI=1S/C34H32FN5OS/c1-22-3-6-25-18-26(38-29(25)15-22)16-23-5-8-31(27(35)17-23)41-32-9-10-36-30-19-33(42-34(30)32)28-7-4-24(20-37-28)21-40-13-11-39(2)12-14-40/h3-10,15,17,19-20H,11-14,16,18,21H2,1-2H3. The zero-order valence-corrected chi connectivity index (χ0v) is 24.6. The van der Waals surface area contributed by atoms with E-state index >= 15 is 4.39 Å². The minimum Gasteiger partial charge on any atom is -0.453 e. The van der Waals surface area contributed by atoms with Gasteiger partial charge in [-0.1, -0.05) is 24.3 Å². The summed E-state index contributed by atoms with van der Waals surface area (Å²) in [6, 6.07) is 19.6. The number of pyridine rings is 2. The maximum Gasteiger partial charge on any atom is 0.166 e. The fourth-order valence-electron chi connectivity index (χ4n) is 5.60. The van der Waals surface area contributed by atoms with Crippen molar-refractivity contribution in [2.75, 3.05) is 33.2 Å². The predicted octanol–water partition coefficient (Wildman–Crippen LogP) is 7.22. The fourth-order valence-corrected chi connectivity index (χ4v) is 6.64. The Balaban J connectivity index is 1.05. The van der Waals surface area contributed by atoms with Crippen LogP contribution in [0.1, 0.15) is 22.3 Å². The van der Waals surface area contributed by atoms with Crippen molar-refractivity contribution in [1.29, 1.82) is 0 Å². The zero-order valence-electron chi connectivity index (χ0n) is 23.8. The lowest BCUT2D eigenvalue weighted by Gasteiger charge is -2.32. The monoisotopic (exact) mass is 577 g/mol. The smallest absolute Gasteiger partial charge is 0.166 e. The quantitative estimate of drug-likeness (QED) is 0.205. The molecule has 6 nitrogen and oxygen atoms in total. The number of ether oxygens (including phenoxy) is 1. The number of aromatic nitrogens is 2. The molecular weight excluding hydrogens is 545 g/mol. The van der Waals surface area contributed by atoms with Crippen LogP contribution in [0.25, 0.3) is 20.8 Å². The van der Waals surface area contributed by atoms with Gasteiger partial charge in [0.25, 0.3) is 0 Å². The zero-order chi connectivity index (χ0) is 28.6. The van der Waals surface area contributed by atoms with E-state index in [0.29, 0.717) is 12.2 Å². The lowest BCUT2D eigenvalue weighted by atomic mass is 10.0. The van der Waals surface area contributed by atoms with E-state index < -0.39 is 0 Å². The number of piperazine rings is 1. The van der Waals surface area contributed by atoms with Crippen molar-refractivity contribution in [3.05, 3.63) is 101 Å². The molecular formula is C34H32FN5OS. The predicted molar refractivity (Wildman–Crippen MR) is 168 cm³/mol. The first-order valence-corrected chi connectivity index (χ1v) is 15.2. The lowest BCUT2D eigenvalue weighted by molar-refractivity contribution is 0.148. The highest BCUT2D eigenvalue weighted by Crippen LogP contribution is 2.39. The summed E-state index contributed by atoms with van der Waals surface area (Å²) in [6.07, 6.45) is 5.08. The number of aliphatic imine (C=N–C) groups is 1. The van der Waals surface area contributed by atoms with Crippen LogP contribution in [-0.2, 0) is 19.4 Å². The van der Waals surface area contributed by atoms with Gasteiger partial charge in [0.2, 0.25) is 0 Å². The van der Waals surface area contributed by atoms with Gasteiger partial charge in [0.05, 0.1) is 26.5 Å². The van der Waals surface area contributed by atoms with Crippen LogP contribution in [0.15, 0.2) is 78.0 Å². The van der Waals surface area contributed by atoms with Gasteiger partial charge in [-0.15, -0.1) is 11.3 Å². The SMILES string of the molecule is Cc1ccc2c(c1)N=C(Cc1ccc(Oc3ccnc4cc(-c5ccc(CN6CCN(C)CC6)cn5)sc34)c(F)c1)C2. The third-order valence-electron chi connectivity index (χ3n) is 7.99. The Morgan fingerprint density at radius 3 is 2.57 bits per heavy atom. The summed E-state index contributed by atoms with van der Waals surface area (Å²) < 4.78 is 22.2. The van der Waals surface area contributed by atoms with Crippen molar-refractivity contribution < 1.29 is 9.13 Å². The first kappa shape index (κ1) is 26.9. The van der Waals surface area contributed by atoms with Gasteiger partial charge in [-0.05, 0) is 66.6 Å². The van der Waals surface area contributed by atoms with Gasteiger partial charge in [-0.2, -0.15) is 0 Å². The molecule has 212 valence electrons. The largest absolute Gasteiger partial charge is 0.453 e. The van der Waals surface area contributed by atoms with Gasteiger partial charge >= 0.3 is 0 Å². The third kappa shape index (κ3) is 5.70. The van der Waals surface area contributed by atoms with Crippen LogP contribution >= 0.6 is 11.3 Å². The third-order valence-corrected chi connectivity index (χ3v) is 9.15. The molecule has 42 heavy (non-hydrogen) atoms. The molecule has 8 heteroatoms. The van der Waals surface area contributed by atoms with Crippen LogP contribution in [0.3, 0.4) is 0 Å². The van der Waals surface area contributed by atoms with Crippen LogP contribution in [0.4, 0.5) is 10.1 Å². The van der Waals surface area contributed by atoms with Gasteiger partial charge < -0.3 is 9.64 Å². The molecule has 0 spiro atoms. The average Bonchev–Trinajstić information content (AvgIpc) is 3.60. The molecule has 0 amide bonds. The Morgan fingerprint density at radius 1 is 0.905 bits per heavy atom. The van der Waals surface area contributed by atoms with Crippen LogP contribution in [0.2, 0.25) is 0 Å². The highest BCUT2D eigenvalue weighted by atomic mass is 32.1. The lowest BCUT2D eigenvalue weighted by Crippen LogP contribution is -2.43. The molecule has 1 saturated heterocycles. The Labute approximate surface area is 249 Å². The van der Waals surface area contributed by atoms with Gasteiger partial charge in [-0.3, -0.25) is 19.9 Å². The molecule has 0 aliphatic carbocycles. The Hall–Kier alpha value is -3.98. The van der Waals surface area contributed by atoms with Crippen molar-refractivity contribution in [1.82, 2.24) is 19.8 Å². The summed E-state index contributed by atoms with van der Waals surface area (Å²) >= 11 is 1.56. The van der Waals surface area contributed by atoms with Crippen LogP contribution in [-0.4, -0.2) is 58.7 Å². The molecule has 0 saturated carbocycles. The van der Waals surface area contributed by atoms with E-state index in [-0.39, 0.29) is 11.6 Å². The Bertz CT molecular complexity index is 1790. The van der Waals surface area contributed by atoms with Crippen molar-refractivity contribution in [3.8, 4) is 22.1 Å². The van der Waals surface area contributed by atoms with Gasteiger partial charge in [0, 0.05) is 69.7 Å². The number of hydrogen-bond acceptors (Lipinski definition) is 7. The second kappa shape index (κ2) is 11.4. The van der Waals surface area contributed by atoms with E-state index in [1.807, 2.05) is 18.3 Å². The topological polar surface area (TPSA) is 53.9 Å². The first-order valence-electron chi connectivity index (χ1n) is 14.3. The number of fused-ring (bicyclic) bond motifs is 2. The maximum absolute atomic E-state index is 15.2. The van der Waals surface area contributed by atoms with Crippen molar-refractivity contribution >= 4 is 33.0 Å². The molecule has 0 bridgehead atoms. The molecule has 1 fully saturated rings. The highest BCUT2D eigenvalue weighted by Gasteiger charge is 2.18. The molecule has 5 aromatic rings. The summed E-state index contributed by atoms with van der Waals surface area (Å²) in [5.74, 6) is 0.388. The number of aryl methyl sites for hydroxylation is 1. The van der Waals surface area contributed by atoms with Crippen molar-refractivity contribution in [3.63, 3.8) is 0 Å². The Morgan fingerprint density at radius 2 is 1.76 bits per heavy atom. The molecule has 2 aliphatic rings. The highest BCUT2D eigenvalue weighted by molar-refractivity contribution is 7.22. The summed E-state index contributed by atoms with van der Waals surface area (Å²) in [7, 11) is 2.17. The summed E-state index contributed by atoms with van der Waals surface area (Å²) in [5, 5.41) is 0. The van der Waals surface area contributed by atoms with Gasteiger partial charge in [0.1, 0.15) is 5.75 Å². The van der Waals surface area contributed by atoms with Crippen molar-refractivity contribution in [2.45, 2.75) is 26.3 Å². The molecule has 0 radical (unpaired) electrons. The normalized spacial score (nSPS) is 15.6. The number of likely N-dealkylation sites (N-methyl/N-ethyl adjacent to an activating group) is 1. The molecule has 7 rings (SSSR count). The number of halogens is 1. The number of rotatable bonds is 7. The summed E-state index contributed by atoms with van der Waals surface area (Å²) in [4.78, 5) is 19.9. The van der Waals surface area contributed by atoms with E-state index in [0.717, 1.165) is 76.9 Å². The second-order valence-corrected chi connectivity index (χ2v) is 12.3. The van der Waals surface area contributed by atoms with Crippen LogP contribution in [0, 0.1) is 12.7 Å². The molecule has 2 aliphatic heterocycles. The van der Waals surface area contributed by atoms with Crippen LogP contribution < -0.4 is 4.74 Å². The number of nitrogens with zero attached hydrogens (tertiary/aromatic N) is 5. The number of thiophene rings is 1. The minimum atomic E-state index is -0.390. The van der Waals surface area contributed by atoms with E-state index in [9.17, 15) is 0 Å². The fraction of sp³-hybridized carbons (Fsp3) is 0.265. The summed E-state index contributed by atoms with van der Waals surface area (Å²) in [5.41, 5.74) is 8.29. The average molecular weight is 578 g/mol. The number of hydrogen-bond donors (Lipinski definition) is 0. The molecule has 0 N–H and O–H groups in total. The molecule has 0 atom stereocenters. The summed E-state index contributed by atoms with van der Waals surface area (Å²) in [6.45, 7) is 7.35. The van der Waals surface area contributed by atoms with Gasteiger partial charge in [-0.25, -0.2) is 4.39 Å². The van der Waals surface area contributed by atoms with E-state index in [4.69, 9.17) is 14.7 Å². The Kier molecular flexibility index (Phi) is 7.27. The molecule has 5 heterocycles. The van der Waals surface area contributed by atoms with E-state index in [1.165, 1.54) is 16.7 Å². The van der Waals surface area contributed by atoms with Gasteiger partial charge in [0.15, 0.2) is 11.6 Å². The van der Waals surface area contributed by atoms with E-state index in [2.05, 4.69) is 59.1 Å². The minimum absolute atomic E-state index is 0.194. The molecule has 2 aromatic carbocycles.